The highest BCUT2D eigenvalue weighted by molar-refractivity contribution is 5.92. The Bertz CT molecular complexity index is 705. The average molecular weight is 341 g/mol. The number of hydrogen-bond acceptors (Lipinski definition) is 4. The number of ether oxygens (including phenoxy) is 2. The van der Waals surface area contributed by atoms with Crippen molar-refractivity contribution in [2.24, 2.45) is 0 Å². The van der Waals surface area contributed by atoms with Gasteiger partial charge in [0.25, 0.3) is 0 Å². The monoisotopic (exact) mass is 341 g/mol. The Morgan fingerprint density at radius 2 is 1.96 bits per heavy atom. The maximum atomic E-state index is 12.0. The van der Waals surface area contributed by atoms with E-state index in [9.17, 15) is 4.79 Å². The van der Waals surface area contributed by atoms with Gasteiger partial charge in [0.05, 0.1) is 13.2 Å². The van der Waals surface area contributed by atoms with Crippen LogP contribution in [0.1, 0.15) is 50.5 Å². The van der Waals surface area contributed by atoms with Gasteiger partial charge >= 0.3 is 0 Å². The summed E-state index contributed by atoms with van der Waals surface area (Å²) in [6, 6.07) is 6.35. The minimum atomic E-state index is -0.0529. The van der Waals surface area contributed by atoms with Gasteiger partial charge in [-0.3, -0.25) is 4.79 Å². The summed E-state index contributed by atoms with van der Waals surface area (Å²) in [6.07, 6.45) is 9.47. The van der Waals surface area contributed by atoms with E-state index in [4.69, 9.17) is 9.47 Å². The van der Waals surface area contributed by atoms with Gasteiger partial charge in [0.1, 0.15) is 0 Å². The number of allylic oxidation sites excluding steroid dienone is 2. The van der Waals surface area contributed by atoms with E-state index in [2.05, 4.69) is 24.1 Å². The lowest BCUT2D eigenvalue weighted by molar-refractivity contribution is -0.115. The molecule has 1 atom stereocenters. The van der Waals surface area contributed by atoms with Crippen LogP contribution in [0, 0.1) is 0 Å². The topological polar surface area (TPSA) is 38.8 Å². The molecule has 4 heteroatoms. The summed E-state index contributed by atoms with van der Waals surface area (Å²) in [5.41, 5.74) is 2.37. The van der Waals surface area contributed by atoms with Crippen LogP contribution < -0.4 is 9.47 Å². The number of carbonyl (C=O) groups is 1. The Kier molecular flexibility index (Phi) is 4.22. The quantitative estimate of drug-likeness (QED) is 0.834. The largest absolute Gasteiger partial charge is 0.493 e. The Balaban J connectivity index is 1.72. The van der Waals surface area contributed by atoms with E-state index in [-0.39, 0.29) is 11.2 Å². The van der Waals surface area contributed by atoms with Gasteiger partial charge in [-0.2, -0.15) is 0 Å². The maximum Gasteiger partial charge on any atom is 0.161 e. The van der Waals surface area contributed by atoms with Crippen molar-refractivity contribution in [1.82, 2.24) is 4.90 Å². The normalized spacial score (nSPS) is 26.6. The average Bonchev–Trinajstić information content (AvgIpc) is 3.24. The molecule has 0 spiro atoms. The number of hydrogen-bond donors (Lipinski definition) is 0. The molecule has 1 saturated carbocycles. The Morgan fingerprint density at radius 3 is 2.72 bits per heavy atom. The van der Waals surface area contributed by atoms with Crippen LogP contribution in [0.5, 0.6) is 11.5 Å². The Hall–Kier alpha value is -1.97. The zero-order valence-electron chi connectivity index (χ0n) is 15.2. The van der Waals surface area contributed by atoms with Crippen LogP contribution in [0.2, 0.25) is 0 Å². The molecule has 0 unspecified atom stereocenters. The van der Waals surface area contributed by atoms with Crippen molar-refractivity contribution in [2.75, 3.05) is 20.7 Å². The van der Waals surface area contributed by atoms with Crippen molar-refractivity contribution in [3.63, 3.8) is 0 Å². The molecule has 2 aliphatic carbocycles. The number of fused-ring (bicyclic) bond motifs is 1. The number of nitrogens with zero attached hydrogens (tertiary/aromatic N) is 1. The van der Waals surface area contributed by atoms with Gasteiger partial charge in [-0.1, -0.05) is 6.07 Å². The fourth-order valence-electron chi connectivity index (χ4n) is 4.72. The van der Waals surface area contributed by atoms with E-state index in [0.717, 1.165) is 43.7 Å². The maximum absolute atomic E-state index is 12.0. The van der Waals surface area contributed by atoms with Crippen LogP contribution >= 0.6 is 0 Å². The molecule has 1 heterocycles. The minimum absolute atomic E-state index is 0.0529. The molecule has 1 aromatic carbocycles. The molecule has 0 N–H and O–H groups in total. The van der Waals surface area contributed by atoms with Crippen LogP contribution in [0.15, 0.2) is 30.0 Å². The lowest BCUT2D eigenvalue weighted by atomic mass is 9.70. The zero-order chi connectivity index (χ0) is 17.4. The first kappa shape index (κ1) is 16.5. The summed E-state index contributed by atoms with van der Waals surface area (Å²) in [5, 5.41) is 0. The van der Waals surface area contributed by atoms with Crippen LogP contribution in [-0.2, 0) is 10.2 Å². The highest BCUT2D eigenvalue weighted by Gasteiger charge is 2.45. The predicted molar refractivity (Wildman–Crippen MR) is 97.1 cm³/mol. The van der Waals surface area contributed by atoms with E-state index in [1.54, 1.807) is 7.11 Å². The highest BCUT2D eigenvalue weighted by atomic mass is 16.5. The first-order valence-electron chi connectivity index (χ1n) is 9.44. The van der Waals surface area contributed by atoms with E-state index in [0.29, 0.717) is 12.5 Å². The van der Waals surface area contributed by atoms with Gasteiger partial charge in [-0.15, -0.1) is 0 Å². The first-order valence-corrected chi connectivity index (χ1v) is 9.44. The molecule has 3 aliphatic rings. The fourth-order valence-corrected chi connectivity index (χ4v) is 4.72. The number of rotatable bonds is 4. The SMILES string of the molecule is COc1ccc([C@@]23CCC(=O)C=C2N(C)CC3)cc1OC1CCCC1. The molecule has 0 radical (unpaired) electrons. The second-order valence-electron chi connectivity index (χ2n) is 7.64. The fraction of sp³-hybridized carbons (Fsp3) is 0.571. The summed E-state index contributed by atoms with van der Waals surface area (Å²) in [7, 11) is 3.79. The standard InChI is InChI=1S/C21H27NO3/c1-22-12-11-21(10-9-16(23)14-20(21)22)15-7-8-18(24-2)19(13-15)25-17-5-3-4-6-17/h7-8,13-14,17H,3-6,9-12H2,1-2H3/t21-/m0/s1. The number of methoxy groups -OCH3 is 1. The van der Waals surface area contributed by atoms with Gasteiger partial charge in [0, 0.05) is 37.2 Å². The van der Waals surface area contributed by atoms with Gasteiger partial charge in [-0.25, -0.2) is 0 Å². The molecule has 0 aromatic heterocycles. The van der Waals surface area contributed by atoms with Crippen LogP contribution in [-0.4, -0.2) is 37.5 Å². The highest BCUT2D eigenvalue weighted by Crippen LogP contribution is 2.49. The molecule has 134 valence electrons. The molecule has 4 rings (SSSR count). The number of benzene rings is 1. The third kappa shape index (κ3) is 2.82. The van der Waals surface area contributed by atoms with Crippen molar-refractivity contribution < 1.29 is 14.3 Å². The van der Waals surface area contributed by atoms with Crippen molar-refractivity contribution in [2.45, 2.75) is 56.5 Å². The second-order valence-corrected chi connectivity index (χ2v) is 7.64. The molecule has 1 aliphatic heterocycles. The van der Waals surface area contributed by atoms with E-state index in [1.165, 1.54) is 24.1 Å². The summed E-state index contributed by atoms with van der Waals surface area (Å²) in [6.45, 7) is 0.990. The van der Waals surface area contributed by atoms with Gasteiger partial charge in [-0.05, 0) is 56.2 Å². The lowest BCUT2D eigenvalue weighted by Crippen LogP contribution is -2.32. The van der Waals surface area contributed by atoms with Crippen molar-refractivity contribution in [3.8, 4) is 11.5 Å². The molecule has 0 amide bonds. The molecule has 0 bridgehead atoms. The van der Waals surface area contributed by atoms with Gasteiger partial charge in [0.15, 0.2) is 17.3 Å². The number of carbonyl (C=O) groups excluding carboxylic acids is 1. The van der Waals surface area contributed by atoms with Crippen molar-refractivity contribution >= 4 is 5.78 Å². The first-order chi connectivity index (χ1) is 12.1. The molecule has 1 aromatic rings. The molecular formula is C21H27NO3. The second kappa shape index (κ2) is 6.40. The third-order valence-electron chi connectivity index (χ3n) is 6.18. The Morgan fingerprint density at radius 1 is 1.16 bits per heavy atom. The smallest absolute Gasteiger partial charge is 0.161 e. The van der Waals surface area contributed by atoms with E-state index >= 15 is 0 Å². The summed E-state index contributed by atoms with van der Waals surface area (Å²) in [4.78, 5) is 14.2. The van der Waals surface area contributed by atoms with Crippen molar-refractivity contribution in [1.29, 1.82) is 0 Å². The van der Waals surface area contributed by atoms with Crippen LogP contribution in [0.4, 0.5) is 0 Å². The van der Waals surface area contributed by atoms with Gasteiger partial charge < -0.3 is 14.4 Å². The summed E-state index contributed by atoms with van der Waals surface area (Å²) >= 11 is 0. The minimum Gasteiger partial charge on any atom is -0.493 e. The van der Waals surface area contributed by atoms with E-state index < -0.39 is 0 Å². The Labute approximate surface area is 149 Å². The molecule has 25 heavy (non-hydrogen) atoms. The molecule has 1 saturated heterocycles. The number of likely N-dealkylation sites (tertiary alicyclic amines) is 1. The van der Waals surface area contributed by atoms with Crippen LogP contribution in [0.3, 0.4) is 0 Å². The molecule has 4 nitrogen and oxygen atoms in total. The molecule has 2 fully saturated rings. The summed E-state index contributed by atoms with van der Waals surface area (Å²) in [5.74, 6) is 1.90. The number of likely N-dealkylation sites (N-methyl/N-ethyl adjacent to an activating group) is 1. The lowest BCUT2D eigenvalue weighted by Gasteiger charge is -2.35. The summed E-state index contributed by atoms with van der Waals surface area (Å²) < 4.78 is 11.8. The third-order valence-corrected chi connectivity index (χ3v) is 6.18. The zero-order valence-corrected chi connectivity index (χ0v) is 15.2. The van der Waals surface area contributed by atoms with Crippen molar-refractivity contribution in [3.05, 3.63) is 35.5 Å². The predicted octanol–water partition coefficient (Wildman–Crippen LogP) is 3.84. The van der Waals surface area contributed by atoms with Crippen LogP contribution in [0.25, 0.3) is 0 Å². The van der Waals surface area contributed by atoms with E-state index in [1.807, 2.05) is 12.1 Å². The molecular weight excluding hydrogens is 314 g/mol. The number of ketones is 1. The van der Waals surface area contributed by atoms with Gasteiger partial charge in [0.2, 0.25) is 0 Å².